The van der Waals surface area contributed by atoms with Crippen LogP contribution < -0.4 is 10.6 Å². The van der Waals surface area contributed by atoms with E-state index in [0.717, 1.165) is 29.8 Å². The van der Waals surface area contributed by atoms with Crippen molar-refractivity contribution in [3.63, 3.8) is 0 Å². The molecule has 2 aromatic carbocycles. The molecule has 4 heteroatoms. The first-order valence-corrected chi connectivity index (χ1v) is 7.47. The van der Waals surface area contributed by atoms with Crippen molar-refractivity contribution < 1.29 is 4.79 Å². The quantitative estimate of drug-likeness (QED) is 0.910. The molecule has 0 fully saturated rings. The van der Waals surface area contributed by atoms with Gasteiger partial charge in [0.25, 0.3) is 0 Å². The molecule has 3 rings (SSSR count). The molecule has 3 nitrogen and oxygen atoms in total. The van der Waals surface area contributed by atoms with Crippen LogP contribution in [0, 0.1) is 0 Å². The smallest absolute Gasteiger partial charge is 0.227 e. The first kappa shape index (κ1) is 14.0. The first-order chi connectivity index (χ1) is 10.3. The van der Waals surface area contributed by atoms with Crippen molar-refractivity contribution in [2.45, 2.75) is 18.9 Å². The molecule has 1 aliphatic heterocycles. The maximum absolute atomic E-state index is 12.5. The minimum atomic E-state index is -0.0927. The Morgan fingerprint density at radius 2 is 1.95 bits per heavy atom. The normalized spacial score (nSPS) is 16.7. The molecule has 0 aromatic heterocycles. The van der Waals surface area contributed by atoms with E-state index in [1.807, 2.05) is 48.5 Å². The van der Waals surface area contributed by atoms with Gasteiger partial charge in [-0.3, -0.25) is 4.79 Å². The number of para-hydroxylation sites is 1. The maximum Gasteiger partial charge on any atom is 0.227 e. The van der Waals surface area contributed by atoms with Crippen molar-refractivity contribution in [3.8, 4) is 0 Å². The SMILES string of the molecule is O=C(NCc1ccccc1Cl)C1CCNc2ccccc21. The van der Waals surface area contributed by atoms with E-state index in [0.29, 0.717) is 11.6 Å². The highest BCUT2D eigenvalue weighted by Crippen LogP contribution is 2.31. The number of hydrogen-bond acceptors (Lipinski definition) is 2. The fourth-order valence-corrected chi connectivity index (χ4v) is 2.89. The Hall–Kier alpha value is -2.00. The third-order valence-electron chi connectivity index (χ3n) is 3.81. The number of carbonyl (C=O) groups is 1. The number of halogens is 1. The van der Waals surface area contributed by atoms with E-state index in [1.54, 1.807) is 0 Å². The van der Waals surface area contributed by atoms with Crippen molar-refractivity contribution >= 4 is 23.2 Å². The molecule has 0 saturated heterocycles. The topological polar surface area (TPSA) is 41.1 Å². The number of nitrogens with one attached hydrogen (secondary N) is 2. The number of anilines is 1. The van der Waals surface area contributed by atoms with Gasteiger partial charge in [-0.25, -0.2) is 0 Å². The Kier molecular flexibility index (Phi) is 4.11. The Labute approximate surface area is 129 Å². The molecule has 21 heavy (non-hydrogen) atoms. The molecule has 2 N–H and O–H groups in total. The van der Waals surface area contributed by atoms with Gasteiger partial charge in [0.15, 0.2) is 0 Å². The Morgan fingerprint density at radius 3 is 2.81 bits per heavy atom. The van der Waals surface area contributed by atoms with Crippen molar-refractivity contribution in [2.24, 2.45) is 0 Å². The lowest BCUT2D eigenvalue weighted by Crippen LogP contribution is -2.32. The molecule has 1 unspecified atom stereocenters. The summed E-state index contributed by atoms with van der Waals surface area (Å²) in [7, 11) is 0. The van der Waals surface area contributed by atoms with Crippen LogP contribution in [0.5, 0.6) is 0 Å². The molecule has 1 aliphatic rings. The number of hydrogen-bond donors (Lipinski definition) is 2. The van der Waals surface area contributed by atoms with Gasteiger partial charge < -0.3 is 10.6 Å². The van der Waals surface area contributed by atoms with Gasteiger partial charge in [-0.05, 0) is 29.7 Å². The number of rotatable bonds is 3. The molecule has 1 heterocycles. The van der Waals surface area contributed by atoms with E-state index >= 15 is 0 Å². The van der Waals surface area contributed by atoms with E-state index < -0.39 is 0 Å². The second kappa shape index (κ2) is 6.19. The summed E-state index contributed by atoms with van der Waals surface area (Å²) in [6.07, 6.45) is 0.811. The Balaban J connectivity index is 1.71. The summed E-state index contributed by atoms with van der Waals surface area (Å²) in [4.78, 5) is 12.5. The molecule has 0 saturated carbocycles. The molecule has 1 atom stereocenters. The highest BCUT2D eigenvalue weighted by molar-refractivity contribution is 6.31. The van der Waals surface area contributed by atoms with Crippen molar-refractivity contribution in [3.05, 3.63) is 64.7 Å². The molecule has 108 valence electrons. The summed E-state index contributed by atoms with van der Waals surface area (Å²) < 4.78 is 0. The van der Waals surface area contributed by atoms with Gasteiger partial charge in [0, 0.05) is 23.8 Å². The predicted molar refractivity (Wildman–Crippen MR) is 85.6 cm³/mol. The zero-order valence-corrected chi connectivity index (χ0v) is 12.4. The lowest BCUT2D eigenvalue weighted by Gasteiger charge is -2.25. The highest BCUT2D eigenvalue weighted by Gasteiger charge is 2.25. The summed E-state index contributed by atoms with van der Waals surface area (Å²) >= 11 is 6.11. The van der Waals surface area contributed by atoms with Crippen molar-refractivity contribution in [2.75, 3.05) is 11.9 Å². The van der Waals surface area contributed by atoms with Crippen molar-refractivity contribution in [1.29, 1.82) is 0 Å². The predicted octanol–water partition coefficient (Wildman–Crippen LogP) is 3.56. The van der Waals surface area contributed by atoms with E-state index in [2.05, 4.69) is 10.6 Å². The molecule has 0 spiro atoms. The van der Waals surface area contributed by atoms with Crippen LogP contribution in [-0.2, 0) is 11.3 Å². The van der Waals surface area contributed by atoms with Gasteiger partial charge in [0.1, 0.15) is 0 Å². The summed E-state index contributed by atoms with van der Waals surface area (Å²) in [6, 6.07) is 15.6. The largest absolute Gasteiger partial charge is 0.385 e. The zero-order chi connectivity index (χ0) is 14.7. The molecule has 1 amide bonds. The minimum Gasteiger partial charge on any atom is -0.385 e. The van der Waals surface area contributed by atoms with Crippen LogP contribution in [-0.4, -0.2) is 12.5 Å². The second-order valence-corrected chi connectivity index (χ2v) is 5.57. The van der Waals surface area contributed by atoms with E-state index in [-0.39, 0.29) is 11.8 Å². The molecule has 0 bridgehead atoms. The van der Waals surface area contributed by atoms with Gasteiger partial charge in [-0.15, -0.1) is 0 Å². The summed E-state index contributed by atoms with van der Waals surface area (Å²) in [5, 5.41) is 7.01. The fraction of sp³-hybridized carbons (Fsp3) is 0.235. The van der Waals surface area contributed by atoms with Crippen LogP contribution in [0.4, 0.5) is 5.69 Å². The van der Waals surface area contributed by atoms with Gasteiger partial charge in [0.2, 0.25) is 5.91 Å². The number of amides is 1. The van der Waals surface area contributed by atoms with Gasteiger partial charge in [-0.1, -0.05) is 48.0 Å². The van der Waals surface area contributed by atoms with Gasteiger partial charge in [-0.2, -0.15) is 0 Å². The second-order valence-electron chi connectivity index (χ2n) is 5.16. The van der Waals surface area contributed by atoms with Crippen LogP contribution in [0.15, 0.2) is 48.5 Å². The minimum absolute atomic E-state index is 0.0591. The van der Waals surface area contributed by atoms with Crippen molar-refractivity contribution in [1.82, 2.24) is 5.32 Å². The molecular weight excluding hydrogens is 284 g/mol. The van der Waals surface area contributed by atoms with E-state index in [4.69, 9.17) is 11.6 Å². The van der Waals surface area contributed by atoms with Crippen LogP contribution in [0.25, 0.3) is 0 Å². The first-order valence-electron chi connectivity index (χ1n) is 7.09. The van der Waals surface area contributed by atoms with E-state index in [1.165, 1.54) is 0 Å². The third kappa shape index (κ3) is 3.03. The molecule has 2 aromatic rings. The van der Waals surface area contributed by atoms with Gasteiger partial charge in [0.05, 0.1) is 5.92 Å². The Bertz CT molecular complexity index is 657. The van der Waals surface area contributed by atoms with Crippen LogP contribution in [0.2, 0.25) is 5.02 Å². The van der Waals surface area contributed by atoms with Gasteiger partial charge >= 0.3 is 0 Å². The summed E-state index contributed by atoms with van der Waals surface area (Å²) in [5.74, 6) is -0.0335. The zero-order valence-electron chi connectivity index (χ0n) is 11.6. The number of benzene rings is 2. The van der Waals surface area contributed by atoms with Crippen LogP contribution in [0.1, 0.15) is 23.5 Å². The molecule has 0 radical (unpaired) electrons. The molecular formula is C17H17ClN2O. The average Bonchev–Trinajstić information content (AvgIpc) is 2.53. The Morgan fingerprint density at radius 1 is 1.19 bits per heavy atom. The lowest BCUT2D eigenvalue weighted by molar-refractivity contribution is -0.122. The van der Waals surface area contributed by atoms with E-state index in [9.17, 15) is 4.79 Å². The highest BCUT2D eigenvalue weighted by atomic mass is 35.5. The number of fused-ring (bicyclic) bond motifs is 1. The standard InChI is InChI=1S/C17H17ClN2O/c18-15-7-3-1-5-12(15)11-20-17(21)14-9-10-19-16-8-4-2-6-13(14)16/h1-8,14,19H,9-11H2,(H,20,21). The fourth-order valence-electron chi connectivity index (χ4n) is 2.69. The lowest BCUT2D eigenvalue weighted by atomic mass is 9.90. The monoisotopic (exact) mass is 300 g/mol. The summed E-state index contributed by atoms with van der Waals surface area (Å²) in [5.41, 5.74) is 3.07. The summed E-state index contributed by atoms with van der Waals surface area (Å²) in [6.45, 7) is 1.28. The molecule has 0 aliphatic carbocycles. The average molecular weight is 301 g/mol. The number of carbonyl (C=O) groups excluding carboxylic acids is 1. The third-order valence-corrected chi connectivity index (χ3v) is 4.18. The van der Waals surface area contributed by atoms with Crippen LogP contribution >= 0.6 is 11.6 Å². The van der Waals surface area contributed by atoms with Crippen LogP contribution in [0.3, 0.4) is 0 Å². The maximum atomic E-state index is 12.5.